The summed E-state index contributed by atoms with van der Waals surface area (Å²) in [5.41, 5.74) is 6.82. The monoisotopic (exact) mass is 1110 g/mol. The Morgan fingerprint density at radius 3 is 2.34 bits per heavy atom. The smallest absolute Gasteiger partial charge is 0.409 e. The molecule has 2 bridgehead atoms. The van der Waals surface area contributed by atoms with Gasteiger partial charge in [-0.05, 0) is 104 Å². The number of ether oxygens (including phenoxy) is 6. The van der Waals surface area contributed by atoms with Gasteiger partial charge in [0.05, 0.1) is 18.4 Å². The maximum atomic E-state index is 14.5. The fourth-order valence-corrected chi connectivity index (χ4v) is 14.9. The van der Waals surface area contributed by atoms with Crippen molar-refractivity contribution in [2.45, 2.75) is 132 Å². The topological polar surface area (TPSA) is 331 Å². The summed E-state index contributed by atoms with van der Waals surface area (Å²) in [4.78, 5) is 86.8. The Labute approximate surface area is 463 Å². The molecule has 0 unspecified atom stereocenters. The predicted octanol–water partition coefficient (Wildman–Crippen LogP) is 2.21. The summed E-state index contributed by atoms with van der Waals surface area (Å²) in [6.07, 6.45) is 1.25. The fraction of sp³-hybridized carbons (Fsp3) is 0.614. The molecule has 11 rings (SSSR count). The van der Waals surface area contributed by atoms with E-state index in [1.807, 2.05) is 25.1 Å². The number of nitrogens with one attached hydrogen (secondary N) is 2. The van der Waals surface area contributed by atoms with Gasteiger partial charge in [0.2, 0.25) is 18.1 Å². The molecule has 13 atom stereocenters. The minimum Gasteiger partial charge on any atom is -0.460 e. The third-order valence-electron chi connectivity index (χ3n) is 18.7. The predicted molar refractivity (Wildman–Crippen MR) is 281 cm³/mol. The zero-order valence-electron chi connectivity index (χ0n) is 45.5. The molecule has 2 aliphatic heterocycles. The molecule has 4 amide bonds. The van der Waals surface area contributed by atoms with Gasteiger partial charge in [-0.3, -0.25) is 24.0 Å². The molecule has 23 nitrogen and oxygen atoms in total. The molecule has 10 N–H and O–H groups in total. The van der Waals surface area contributed by atoms with Gasteiger partial charge in [0, 0.05) is 68.0 Å². The Morgan fingerprint density at radius 2 is 1.64 bits per heavy atom. The number of Topliss-reactive ketones (excluding diaryl/α,β-unsaturated/α-hetero) is 1. The molecule has 0 aromatic heterocycles. The van der Waals surface area contributed by atoms with E-state index in [9.17, 15) is 49.2 Å². The van der Waals surface area contributed by atoms with Gasteiger partial charge in [0.25, 0.3) is 0 Å². The molecule has 7 aliphatic carbocycles. The third kappa shape index (κ3) is 10.5. The minimum absolute atomic E-state index is 0.00393. The molecule has 0 radical (unpaired) electrons. The quantitative estimate of drug-likeness (QED) is 0.0935. The second-order valence-corrected chi connectivity index (χ2v) is 24.1. The molecule has 6 saturated carbocycles. The third-order valence-corrected chi connectivity index (χ3v) is 18.7. The number of allylic oxidation sites excluding steroid dienone is 4. The van der Waals surface area contributed by atoms with E-state index < -0.39 is 103 Å². The number of aliphatic hydroxyl groups excluding tert-OH is 4. The van der Waals surface area contributed by atoms with E-state index >= 15 is 0 Å². The van der Waals surface area contributed by atoms with Gasteiger partial charge in [0.1, 0.15) is 50.0 Å². The molecule has 2 aromatic carbocycles. The summed E-state index contributed by atoms with van der Waals surface area (Å²) >= 11 is 0. The molecule has 2 aromatic rings. The van der Waals surface area contributed by atoms with Crippen LogP contribution in [0.25, 0.3) is 0 Å². The zero-order chi connectivity index (χ0) is 57.1. The number of likely N-dealkylation sites (N-methyl/N-ethyl adjacent to an activating group) is 2. The second kappa shape index (κ2) is 22.1. The lowest BCUT2D eigenvalue weighted by Crippen LogP contribution is -2.72. The minimum atomic E-state index is -1.65. The Balaban J connectivity index is 0.803. The number of nitrogens with zero attached hydrogens (tertiary/aromatic N) is 2. The molecular formula is C57H74N6O17. The Hall–Kier alpha value is -5.86. The summed E-state index contributed by atoms with van der Waals surface area (Å²) in [5.74, 6) is 2.71. The second-order valence-electron chi connectivity index (χ2n) is 24.1. The number of carbonyl (C=O) groups is 6. The molecular weight excluding hydrogens is 1040 g/mol. The van der Waals surface area contributed by atoms with Crippen molar-refractivity contribution in [3.63, 3.8) is 0 Å². The first-order valence-corrected chi connectivity index (χ1v) is 27.5. The summed E-state index contributed by atoms with van der Waals surface area (Å²) in [6, 6.07) is 12.6. The van der Waals surface area contributed by atoms with Crippen molar-refractivity contribution in [1.29, 1.82) is 0 Å². The van der Waals surface area contributed by atoms with Gasteiger partial charge in [-0.15, -0.1) is 0 Å². The van der Waals surface area contributed by atoms with Crippen molar-refractivity contribution in [1.82, 2.24) is 15.1 Å². The standard InChI is InChI=1S/C57H74N6O17/c1-53-15-13-35(65)20-34(53)10-11-36-37-21-43-57(42(67)24-64,80-49(79-43)33-8-5-31(6-9-33)22-55-28-56(58,29-55)30-55)54(37,2)23-41(46(36)53)78-52(73)63(4)18-17-62(3)51(72)75-25-32-7-12-40(77-50-48(71)47(70)39(66)26-74-50)38(19-32)61-44(68)14-16-60-45(69)27-76-59/h5-9,12-13,15,19-20,36-37,39,41,43,46-50,64,66,70-71H,10-11,14,16-18,21-30,58-59H2,1-4H3,(H,60,69)(H,61,68)/t36-,37-,39+,41-,43+,46+,47-,48+,49+,50-,53-,54-,55?,56?,57+/m0/s1. The highest BCUT2D eigenvalue weighted by Gasteiger charge is 2.76. The van der Waals surface area contributed by atoms with E-state index in [-0.39, 0.29) is 91.6 Å². The number of carbonyl (C=O) groups excluding carboxylic acids is 6. The summed E-state index contributed by atoms with van der Waals surface area (Å²) in [7, 11) is 3.05. The van der Waals surface area contributed by atoms with Crippen LogP contribution < -0.4 is 27.0 Å². The summed E-state index contributed by atoms with van der Waals surface area (Å²) in [6.45, 7) is 2.24. The first-order valence-electron chi connectivity index (χ1n) is 27.5. The number of rotatable bonds is 19. The van der Waals surface area contributed by atoms with E-state index in [0.29, 0.717) is 24.8 Å². The maximum absolute atomic E-state index is 14.5. The van der Waals surface area contributed by atoms with Crippen LogP contribution in [0.5, 0.6) is 5.75 Å². The van der Waals surface area contributed by atoms with Gasteiger partial charge < -0.3 is 75.0 Å². The van der Waals surface area contributed by atoms with Crippen LogP contribution in [-0.2, 0) is 60.7 Å². The van der Waals surface area contributed by atoms with Crippen LogP contribution in [0.3, 0.4) is 0 Å². The van der Waals surface area contributed by atoms with Crippen LogP contribution in [0.1, 0.15) is 88.2 Å². The highest BCUT2D eigenvalue weighted by molar-refractivity contribution is 6.01. The van der Waals surface area contributed by atoms with Crippen molar-refractivity contribution in [2.24, 2.45) is 45.6 Å². The number of hydrogen-bond donors (Lipinski definition) is 8. The largest absolute Gasteiger partial charge is 0.460 e. The van der Waals surface area contributed by atoms with Crippen LogP contribution in [0.4, 0.5) is 15.3 Å². The molecule has 80 heavy (non-hydrogen) atoms. The van der Waals surface area contributed by atoms with Gasteiger partial charge in [-0.25, -0.2) is 15.5 Å². The SMILES string of the molecule is CN(CCN(C)C(=O)O[C@H]1C[C@@]2(C)[C@@H](C[C@H]3O[C@@H](c4ccc(CC56CC(N)(C5)C6)cc4)O[C@]32C(=O)CO)[C@@H]2CCC3=CC(=O)C=C[C@]3(C)[C@H]21)C(=O)OCc1ccc(O[C@@H]2OC[C@@H](O)[C@H](O)[C@H]2O)c(NC(=O)CCNC(=O)CON)c1. The van der Waals surface area contributed by atoms with Crippen LogP contribution in [0.15, 0.2) is 66.3 Å². The fourth-order valence-electron chi connectivity index (χ4n) is 14.9. The molecule has 2 heterocycles. The number of amides is 4. The average molecular weight is 1120 g/mol. The molecule has 0 spiro atoms. The van der Waals surface area contributed by atoms with E-state index in [1.54, 1.807) is 19.2 Å². The Kier molecular flexibility index (Phi) is 15.9. The maximum Gasteiger partial charge on any atom is 0.409 e. The van der Waals surface area contributed by atoms with Gasteiger partial charge in [-0.2, -0.15) is 0 Å². The average Bonchev–Trinajstić information content (AvgIpc) is 4.09. The Bertz CT molecular complexity index is 2790. The van der Waals surface area contributed by atoms with Crippen molar-refractivity contribution in [2.75, 3.05) is 58.9 Å². The van der Waals surface area contributed by atoms with Crippen LogP contribution in [0, 0.1) is 34.0 Å². The molecule has 8 fully saturated rings. The number of benzene rings is 2. The highest BCUT2D eigenvalue weighted by atomic mass is 16.7. The number of ketones is 2. The number of aliphatic hydroxyl groups is 4. The van der Waals surface area contributed by atoms with E-state index in [2.05, 4.69) is 34.5 Å². The van der Waals surface area contributed by atoms with Crippen molar-refractivity contribution < 1.29 is 82.5 Å². The molecule has 23 heteroatoms. The first-order chi connectivity index (χ1) is 38.0. The van der Waals surface area contributed by atoms with Crippen LogP contribution >= 0.6 is 0 Å². The van der Waals surface area contributed by atoms with Gasteiger partial charge in [-0.1, -0.05) is 55.8 Å². The van der Waals surface area contributed by atoms with Crippen LogP contribution in [0.2, 0.25) is 0 Å². The lowest BCUT2D eigenvalue weighted by atomic mass is 9.38. The number of nitrogens with two attached hydrogens (primary N) is 2. The van der Waals surface area contributed by atoms with Crippen LogP contribution in [-0.4, -0.2) is 167 Å². The zero-order valence-corrected chi connectivity index (χ0v) is 45.5. The van der Waals surface area contributed by atoms with Crippen molar-refractivity contribution in [3.05, 3.63) is 83.0 Å². The van der Waals surface area contributed by atoms with E-state index in [4.69, 9.17) is 40.1 Å². The number of fused-ring (bicyclic) bond motifs is 7. The van der Waals surface area contributed by atoms with Gasteiger partial charge >= 0.3 is 12.2 Å². The van der Waals surface area contributed by atoms with Gasteiger partial charge in [0.15, 0.2) is 23.5 Å². The summed E-state index contributed by atoms with van der Waals surface area (Å²) in [5, 5.41) is 46.5. The number of anilines is 1. The number of hydrogen-bond acceptors (Lipinski definition) is 19. The highest BCUT2D eigenvalue weighted by Crippen LogP contribution is 2.71. The van der Waals surface area contributed by atoms with E-state index in [1.165, 1.54) is 40.6 Å². The molecule has 434 valence electrons. The molecule has 9 aliphatic rings. The normalized spacial score (nSPS) is 36.1. The van der Waals surface area contributed by atoms with E-state index in [0.717, 1.165) is 36.8 Å². The molecule has 2 saturated heterocycles. The van der Waals surface area contributed by atoms with Crippen molar-refractivity contribution >= 4 is 41.3 Å². The lowest BCUT2D eigenvalue weighted by molar-refractivity contribution is -0.241. The van der Waals surface area contributed by atoms with Crippen molar-refractivity contribution in [3.8, 4) is 5.75 Å². The Morgan fingerprint density at radius 1 is 0.925 bits per heavy atom. The summed E-state index contributed by atoms with van der Waals surface area (Å²) < 4.78 is 37.1. The first kappa shape index (κ1) is 57.4. The lowest BCUT2D eigenvalue weighted by Gasteiger charge is -2.69.